The molecule has 6 heteroatoms. The summed E-state index contributed by atoms with van der Waals surface area (Å²) in [4.78, 5) is 19.4. The molecule has 0 saturated carbocycles. The number of fused-ring (bicyclic) bond motifs is 3. The Morgan fingerprint density at radius 2 is 1.00 bits per heavy atom. The van der Waals surface area contributed by atoms with E-state index in [1.807, 2.05) is 97.1 Å². The molecule has 0 aliphatic rings. The molecule has 0 fully saturated rings. The molecule has 0 saturated heterocycles. The fraction of sp³-hybridized carbons (Fsp3) is 0. The van der Waals surface area contributed by atoms with Crippen LogP contribution in [0.1, 0.15) is 5.56 Å². The summed E-state index contributed by atoms with van der Waals surface area (Å²) in [6, 6.07) is 54.9. The van der Waals surface area contributed by atoms with E-state index in [1.54, 1.807) is 12.3 Å². The van der Waals surface area contributed by atoms with Crippen LogP contribution in [-0.2, 0) is 0 Å². The van der Waals surface area contributed by atoms with Crippen molar-refractivity contribution in [3.63, 3.8) is 0 Å². The van der Waals surface area contributed by atoms with Gasteiger partial charge in [0.25, 0.3) is 0 Å². The van der Waals surface area contributed by atoms with Gasteiger partial charge in [-0.05, 0) is 69.8 Å². The summed E-state index contributed by atoms with van der Waals surface area (Å²) in [6.45, 7) is 0. The van der Waals surface area contributed by atoms with Crippen LogP contribution in [0, 0.1) is 11.3 Å². The van der Waals surface area contributed by atoms with Gasteiger partial charge < -0.3 is 4.42 Å². The van der Waals surface area contributed by atoms with Crippen molar-refractivity contribution >= 4 is 22.1 Å². The van der Waals surface area contributed by atoms with Crippen LogP contribution in [0.3, 0.4) is 0 Å². The molecule has 0 N–H and O–H groups in total. The summed E-state index contributed by atoms with van der Waals surface area (Å²) >= 11 is 0. The van der Waals surface area contributed by atoms with Gasteiger partial charge in [0.05, 0.1) is 17.0 Å². The van der Waals surface area contributed by atoms with Gasteiger partial charge in [-0.2, -0.15) is 5.26 Å². The highest BCUT2D eigenvalue weighted by Gasteiger charge is 2.17. The van der Waals surface area contributed by atoms with E-state index in [-0.39, 0.29) is 0 Å². The first kappa shape index (κ1) is 29.9. The van der Waals surface area contributed by atoms with E-state index in [2.05, 4.69) is 65.7 Å². The highest BCUT2D eigenvalue weighted by molar-refractivity contribution is 6.12. The van der Waals surface area contributed by atoms with Crippen molar-refractivity contribution in [3.05, 3.63) is 169 Å². The molecule has 0 aliphatic heterocycles. The van der Waals surface area contributed by atoms with Crippen molar-refractivity contribution in [1.82, 2.24) is 19.9 Å². The summed E-state index contributed by atoms with van der Waals surface area (Å²) in [5, 5.41) is 11.3. The molecule has 9 rings (SSSR count). The molecule has 3 aromatic heterocycles. The molecule has 0 bridgehead atoms. The zero-order chi connectivity index (χ0) is 34.1. The number of nitrogens with zero attached hydrogens (tertiary/aromatic N) is 5. The van der Waals surface area contributed by atoms with Crippen molar-refractivity contribution < 1.29 is 4.42 Å². The van der Waals surface area contributed by atoms with Crippen molar-refractivity contribution in [2.75, 3.05) is 0 Å². The molecule has 6 nitrogen and oxygen atoms in total. The van der Waals surface area contributed by atoms with E-state index in [0.717, 1.165) is 55.3 Å². The Hall–Kier alpha value is -7.23. The average Bonchev–Trinajstić information content (AvgIpc) is 3.60. The van der Waals surface area contributed by atoms with Crippen molar-refractivity contribution in [3.8, 4) is 73.6 Å². The Morgan fingerprint density at radius 1 is 0.451 bits per heavy atom. The first-order valence-corrected chi connectivity index (χ1v) is 16.6. The number of pyridine rings is 1. The predicted molar refractivity (Wildman–Crippen MR) is 202 cm³/mol. The molecule has 3 heterocycles. The van der Waals surface area contributed by atoms with Gasteiger partial charge in [-0.3, -0.25) is 0 Å². The van der Waals surface area contributed by atoms with E-state index in [4.69, 9.17) is 19.4 Å². The summed E-state index contributed by atoms with van der Waals surface area (Å²) in [5.74, 6) is 1.67. The minimum atomic E-state index is 0.538. The molecule has 0 radical (unpaired) electrons. The SMILES string of the molecule is N#Cc1cccc(-c2ccc(-c3nc(-c4ccccc4)nc(-c4ccc5c(c4)oc4nccc(-c6cccc(-c7ccccc7)c6)c45)n3)cc2)c1. The molecule has 0 atom stereocenters. The van der Waals surface area contributed by atoms with E-state index in [1.165, 1.54) is 5.56 Å². The molecular weight excluding hydrogens is 627 g/mol. The zero-order valence-corrected chi connectivity index (χ0v) is 27.2. The van der Waals surface area contributed by atoms with Crippen LogP contribution < -0.4 is 0 Å². The normalized spacial score (nSPS) is 11.1. The lowest BCUT2D eigenvalue weighted by Gasteiger charge is -2.09. The van der Waals surface area contributed by atoms with Crippen LogP contribution in [0.5, 0.6) is 0 Å². The third kappa shape index (κ3) is 5.69. The van der Waals surface area contributed by atoms with Crippen LogP contribution in [-0.4, -0.2) is 19.9 Å². The van der Waals surface area contributed by atoms with E-state index in [0.29, 0.717) is 34.3 Å². The Labute approximate surface area is 294 Å². The van der Waals surface area contributed by atoms with Gasteiger partial charge >= 0.3 is 0 Å². The number of hydrogen-bond acceptors (Lipinski definition) is 6. The standard InChI is InChI=1S/C45H27N5O/c46-28-29-9-7-14-34(25-29)31-17-19-33(20-18-31)43-48-42(32-12-5-2-6-13-32)49-44(50-43)37-21-22-39-40(27-37)51-45-41(39)38(23-24-47-45)36-16-8-15-35(26-36)30-10-3-1-4-11-30/h1-27H. The molecule has 51 heavy (non-hydrogen) atoms. The monoisotopic (exact) mass is 653 g/mol. The Morgan fingerprint density at radius 3 is 1.73 bits per heavy atom. The topological polar surface area (TPSA) is 88.5 Å². The molecule has 0 aliphatic carbocycles. The van der Waals surface area contributed by atoms with Crippen molar-refractivity contribution in [1.29, 1.82) is 5.26 Å². The molecule has 0 spiro atoms. The molecular formula is C45H27N5O. The van der Waals surface area contributed by atoms with Gasteiger partial charge in [0.15, 0.2) is 17.5 Å². The zero-order valence-electron chi connectivity index (χ0n) is 27.2. The van der Waals surface area contributed by atoms with Gasteiger partial charge in [0, 0.05) is 28.3 Å². The van der Waals surface area contributed by atoms with Gasteiger partial charge in [0.1, 0.15) is 5.58 Å². The van der Waals surface area contributed by atoms with Crippen LogP contribution in [0.25, 0.3) is 89.6 Å². The molecule has 0 unspecified atom stereocenters. The molecule has 238 valence electrons. The predicted octanol–water partition coefficient (Wildman–Crippen LogP) is 11.0. The summed E-state index contributed by atoms with van der Waals surface area (Å²) < 4.78 is 6.39. The van der Waals surface area contributed by atoms with Gasteiger partial charge in [0.2, 0.25) is 5.71 Å². The van der Waals surface area contributed by atoms with Crippen LogP contribution >= 0.6 is 0 Å². The summed E-state index contributed by atoms with van der Waals surface area (Å²) in [6.07, 6.45) is 1.80. The van der Waals surface area contributed by atoms with Gasteiger partial charge in [-0.1, -0.05) is 121 Å². The average molecular weight is 654 g/mol. The fourth-order valence-corrected chi connectivity index (χ4v) is 6.50. The highest BCUT2D eigenvalue weighted by atomic mass is 16.3. The van der Waals surface area contributed by atoms with Crippen LogP contribution in [0.2, 0.25) is 0 Å². The maximum Gasteiger partial charge on any atom is 0.227 e. The summed E-state index contributed by atoms with van der Waals surface area (Å²) in [7, 11) is 0. The molecule has 6 aromatic carbocycles. The summed E-state index contributed by atoms with van der Waals surface area (Å²) in [5.41, 5.74) is 10.9. The number of aromatic nitrogens is 4. The lowest BCUT2D eigenvalue weighted by molar-refractivity contribution is 0.654. The lowest BCUT2D eigenvalue weighted by atomic mass is 9.97. The number of hydrogen-bond donors (Lipinski definition) is 0. The molecule has 0 amide bonds. The minimum absolute atomic E-state index is 0.538. The van der Waals surface area contributed by atoms with E-state index < -0.39 is 0 Å². The van der Waals surface area contributed by atoms with Gasteiger partial charge in [-0.15, -0.1) is 0 Å². The molecule has 9 aromatic rings. The Kier molecular flexibility index (Phi) is 7.42. The Balaban J connectivity index is 1.13. The smallest absolute Gasteiger partial charge is 0.227 e. The highest BCUT2D eigenvalue weighted by Crippen LogP contribution is 2.38. The maximum atomic E-state index is 9.36. The number of benzene rings is 6. The number of furan rings is 1. The van der Waals surface area contributed by atoms with E-state index >= 15 is 0 Å². The second-order valence-corrected chi connectivity index (χ2v) is 12.2. The lowest BCUT2D eigenvalue weighted by Crippen LogP contribution is -2.00. The second kappa shape index (κ2) is 12.7. The van der Waals surface area contributed by atoms with Crippen molar-refractivity contribution in [2.45, 2.75) is 0 Å². The second-order valence-electron chi connectivity index (χ2n) is 12.2. The fourth-order valence-electron chi connectivity index (χ4n) is 6.50. The van der Waals surface area contributed by atoms with Crippen LogP contribution in [0.4, 0.5) is 0 Å². The Bertz CT molecular complexity index is 2750. The quantitative estimate of drug-likeness (QED) is 0.177. The first-order valence-electron chi connectivity index (χ1n) is 16.6. The van der Waals surface area contributed by atoms with Crippen molar-refractivity contribution in [2.24, 2.45) is 0 Å². The van der Waals surface area contributed by atoms with Crippen LogP contribution in [0.15, 0.2) is 168 Å². The third-order valence-electron chi connectivity index (χ3n) is 9.05. The first-order chi connectivity index (χ1) is 25.2. The number of nitriles is 1. The third-order valence-corrected chi connectivity index (χ3v) is 9.05. The number of rotatable bonds is 6. The van der Waals surface area contributed by atoms with E-state index in [9.17, 15) is 5.26 Å². The largest absolute Gasteiger partial charge is 0.438 e. The maximum absolute atomic E-state index is 9.36. The van der Waals surface area contributed by atoms with Gasteiger partial charge in [-0.25, -0.2) is 19.9 Å². The minimum Gasteiger partial charge on any atom is -0.438 e.